The van der Waals surface area contributed by atoms with Crippen LogP contribution >= 0.6 is 0 Å². The summed E-state index contributed by atoms with van der Waals surface area (Å²) in [5.74, 6) is -0.468. The molecule has 8 heteroatoms. The van der Waals surface area contributed by atoms with Gasteiger partial charge in [0.05, 0.1) is 12.6 Å². The van der Waals surface area contributed by atoms with Gasteiger partial charge >= 0.3 is 12.5 Å². The maximum absolute atomic E-state index is 12.4. The number of ether oxygens (including phenoxy) is 2. The molecule has 0 unspecified atom stereocenters. The highest BCUT2D eigenvalue weighted by atomic mass is 19.4. The molecular formula is C25H22F3NO4. The number of hydrogen-bond acceptors (Lipinski definition) is 4. The van der Waals surface area contributed by atoms with Crippen LogP contribution in [0, 0.1) is 0 Å². The van der Waals surface area contributed by atoms with Crippen LogP contribution in [0.15, 0.2) is 72.8 Å². The molecule has 0 heterocycles. The summed E-state index contributed by atoms with van der Waals surface area (Å²) >= 11 is 0. The van der Waals surface area contributed by atoms with E-state index in [0.717, 1.165) is 22.3 Å². The van der Waals surface area contributed by atoms with Gasteiger partial charge in [-0.25, -0.2) is 4.79 Å². The first kappa shape index (κ1) is 22.7. The predicted octanol–water partition coefficient (Wildman–Crippen LogP) is 5.03. The van der Waals surface area contributed by atoms with Gasteiger partial charge in [0.25, 0.3) is 0 Å². The van der Waals surface area contributed by atoms with Gasteiger partial charge in [0.15, 0.2) is 0 Å². The number of alkyl halides is 3. The molecule has 1 atom stereocenters. The van der Waals surface area contributed by atoms with Crippen LogP contribution in [0.25, 0.3) is 11.1 Å². The zero-order valence-corrected chi connectivity index (χ0v) is 17.5. The summed E-state index contributed by atoms with van der Waals surface area (Å²) in [6.45, 7) is -0.290. The van der Waals surface area contributed by atoms with E-state index in [1.165, 1.54) is 18.2 Å². The topological polar surface area (TPSA) is 67.8 Å². The van der Waals surface area contributed by atoms with E-state index in [0.29, 0.717) is 5.56 Å². The van der Waals surface area contributed by atoms with Crippen LogP contribution in [0.3, 0.4) is 0 Å². The van der Waals surface area contributed by atoms with Gasteiger partial charge in [-0.1, -0.05) is 60.7 Å². The summed E-state index contributed by atoms with van der Waals surface area (Å²) in [4.78, 5) is 12.4. The number of benzene rings is 3. The third-order valence-corrected chi connectivity index (χ3v) is 5.50. The number of rotatable bonds is 7. The molecule has 0 bridgehead atoms. The van der Waals surface area contributed by atoms with Crippen molar-refractivity contribution in [3.63, 3.8) is 0 Å². The zero-order valence-electron chi connectivity index (χ0n) is 17.5. The van der Waals surface area contributed by atoms with Gasteiger partial charge in [0.2, 0.25) is 0 Å². The van der Waals surface area contributed by atoms with Gasteiger partial charge in [-0.15, -0.1) is 13.2 Å². The molecule has 0 aliphatic heterocycles. The molecule has 5 nitrogen and oxygen atoms in total. The van der Waals surface area contributed by atoms with E-state index >= 15 is 0 Å². The number of halogens is 3. The Labute approximate surface area is 188 Å². The summed E-state index contributed by atoms with van der Waals surface area (Å²) in [7, 11) is 0. The van der Waals surface area contributed by atoms with Gasteiger partial charge in [-0.3, -0.25) is 0 Å². The second-order valence-corrected chi connectivity index (χ2v) is 7.75. The van der Waals surface area contributed by atoms with Crippen molar-refractivity contribution >= 4 is 6.09 Å². The molecule has 0 saturated heterocycles. The lowest BCUT2D eigenvalue weighted by atomic mass is 9.98. The smallest absolute Gasteiger partial charge is 0.449 e. The molecule has 172 valence electrons. The average molecular weight is 457 g/mol. The average Bonchev–Trinajstić information content (AvgIpc) is 3.10. The van der Waals surface area contributed by atoms with Crippen molar-refractivity contribution in [2.75, 3.05) is 13.2 Å². The van der Waals surface area contributed by atoms with Crippen LogP contribution in [-0.2, 0) is 11.2 Å². The minimum atomic E-state index is -4.80. The third-order valence-electron chi connectivity index (χ3n) is 5.50. The van der Waals surface area contributed by atoms with E-state index in [9.17, 15) is 23.1 Å². The molecule has 0 aromatic heterocycles. The first-order valence-corrected chi connectivity index (χ1v) is 10.4. The molecule has 3 aromatic rings. The second-order valence-electron chi connectivity index (χ2n) is 7.75. The summed E-state index contributed by atoms with van der Waals surface area (Å²) < 4.78 is 46.7. The van der Waals surface area contributed by atoms with Crippen LogP contribution in [0.5, 0.6) is 5.75 Å². The largest absolute Gasteiger partial charge is 0.573 e. The Morgan fingerprint density at radius 1 is 0.970 bits per heavy atom. The van der Waals surface area contributed by atoms with E-state index in [1.807, 2.05) is 48.5 Å². The standard InChI is InChI=1S/C25H22F3NO4/c26-25(27,28)33-18-7-5-6-16(13-18)12-17(14-30)29-24(31)32-15-23-21-10-3-1-8-19(21)20-9-2-4-11-22(20)23/h1-11,13,17,23,30H,12,14-15H2,(H,29,31)/t17-/m0/s1. The maximum Gasteiger partial charge on any atom is 0.573 e. The van der Waals surface area contributed by atoms with Crippen LogP contribution in [-0.4, -0.2) is 36.8 Å². The first-order valence-electron chi connectivity index (χ1n) is 10.4. The molecule has 3 aromatic carbocycles. The van der Waals surface area contributed by atoms with Crippen LogP contribution in [0.1, 0.15) is 22.6 Å². The Morgan fingerprint density at radius 3 is 2.21 bits per heavy atom. The van der Waals surface area contributed by atoms with Gasteiger partial charge in [0.1, 0.15) is 12.4 Å². The van der Waals surface area contributed by atoms with E-state index in [-0.39, 0.29) is 24.7 Å². The number of alkyl carbamates (subject to hydrolysis) is 1. The van der Waals surface area contributed by atoms with E-state index < -0.39 is 25.1 Å². The molecule has 1 amide bonds. The van der Waals surface area contributed by atoms with Crippen molar-refractivity contribution in [2.24, 2.45) is 0 Å². The van der Waals surface area contributed by atoms with Crippen molar-refractivity contribution in [3.05, 3.63) is 89.5 Å². The lowest BCUT2D eigenvalue weighted by molar-refractivity contribution is -0.274. The fourth-order valence-corrected chi connectivity index (χ4v) is 4.12. The minimum absolute atomic E-state index is 0.105. The van der Waals surface area contributed by atoms with Gasteiger partial charge in [-0.2, -0.15) is 0 Å². The Hall–Kier alpha value is -3.52. The quantitative estimate of drug-likeness (QED) is 0.523. The maximum atomic E-state index is 12.4. The lowest BCUT2D eigenvalue weighted by Crippen LogP contribution is -2.39. The third kappa shape index (κ3) is 5.46. The minimum Gasteiger partial charge on any atom is -0.449 e. The highest BCUT2D eigenvalue weighted by molar-refractivity contribution is 5.79. The SMILES string of the molecule is O=C(N[C@H](CO)Cc1cccc(OC(F)(F)F)c1)OCC1c2ccccc2-c2ccccc21. The molecule has 33 heavy (non-hydrogen) atoms. The summed E-state index contributed by atoms with van der Waals surface area (Å²) in [5.41, 5.74) is 4.83. The molecular weight excluding hydrogens is 435 g/mol. The van der Waals surface area contributed by atoms with Gasteiger partial charge in [-0.05, 0) is 46.4 Å². The van der Waals surface area contributed by atoms with E-state index in [1.54, 1.807) is 6.07 Å². The van der Waals surface area contributed by atoms with Crippen molar-refractivity contribution in [2.45, 2.75) is 24.7 Å². The molecule has 0 spiro atoms. The number of aliphatic hydroxyl groups excluding tert-OH is 1. The monoisotopic (exact) mass is 457 g/mol. The van der Waals surface area contributed by atoms with Crippen molar-refractivity contribution in [1.82, 2.24) is 5.32 Å². The fraction of sp³-hybridized carbons (Fsp3) is 0.240. The van der Waals surface area contributed by atoms with Crippen LogP contribution in [0.4, 0.5) is 18.0 Å². The summed E-state index contributed by atoms with van der Waals surface area (Å²) in [5, 5.41) is 12.2. The number of amides is 1. The molecule has 4 rings (SSSR count). The first-order chi connectivity index (χ1) is 15.8. The number of aliphatic hydroxyl groups is 1. The highest BCUT2D eigenvalue weighted by Crippen LogP contribution is 2.44. The van der Waals surface area contributed by atoms with E-state index in [4.69, 9.17) is 4.74 Å². The second kappa shape index (κ2) is 9.54. The van der Waals surface area contributed by atoms with Crippen molar-refractivity contribution in [1.29, 1.82) is 0 Å². The van der Waals surface area contributed by atoms with Crippen molar-refractivity contribution < 1.29 is 32.5 Å². The number of carbonyl (C=O) groups is 1. The zero-order chi connectivity index (χ0) is 23.4. The highest BCUT2D eigenvalue weighted by Gasteiger charge is 2.31. The molecule has 0 fully saturated rings. The molecule has 1 aliphatic rings. The van der Waals surface area contributed by atoms with Crippen LogP contribution in [0.2, 0.25) is 0 Å². The number of carbonyl (C=O) groups excluding carboxylic acids is 1. The summed E-state index contributed by atoms with van der Waals surface area (Å²) in [6, 6.07) is 20.6. The lowest BCUT2D eigenvalue weighted by Gasteiger charge is -2.19. The summed E-state index contributed by atoms with van der Waals surface area (Å²) in [6.07, 6.45) is -5.40. The molecule has 0 saturated carbocycles. The Morgan fingerprint density at radius 2 is 1.61 bits per heavy atom. The fourth-order valence-electron chi connectivity index (χ4n) is 4.12. The molecule has 1 aliphatic carbocycles. The number of nitrogens with one attached hydrogen (secondary N) is 1. The van der Waals surface area contributed by atoms with E-state index in [2.05, 4.69) is 10.1 Å². The number of fused-ring (bicyclic) bond motifs is 3. The van der Waals surface area contributed by atoms with Crippen LogP contribution < -0.4 is 10.1 Å². The van der Waals surface area contributed by atoms with Gasteiger partial charge < -0.3 is 19.9 Å². The Kier molecular flexibility index (Phi) is 6.55. The number of hydrogen-bond donors (Lipinski definition) is 2. The normalized spacial score (nSPS) is 13.7. The van der Waals surface area contributed by atoms with Crippen molar-refractivity contribution in [3.8, 4) is 16.9 Å². The Balaban J connectivity index is 1.37. The van der Waals surface area contributed by atoms with Gasteiger partial charge in [0, 0.05) is 5.92 Å². The Bertz CT molecular complexity index is 1090. The molecule has 2 N–H and O–H groups in total. The predicted molar refractivity (Wildman–Crippen MR) is 116 cm³/mol. The molecule has 0 radical (unpaired) electrons.